The van der Waals surface area contributed by atoms with Gasteiger partial charge in [0.25, 0.3) is 0 Å². The lowest BCUT2D eigenvalue weighted by Crippen LogP contribution is -2.40. The number of aromatic nitrogens is 1. The predicted molar refractivity (Wildman–Crippen MR) is 84.5 cm³/mol. The second kappa shape index (κ2) is 8.94. The first-order valence-electron chi connectivity index (χ1n) is 6.85. The molecular formula is C14H23ClN4O2. The van der Waals surface area contributed by atoms with Crippen LogP contribution in [0.15, 0.2) is 18.3 Å². The van der Waals surface area contributed by atoms with E-state index >= 15 is 0 Å². The molecule has 0 aliphatic carbocycles. The molecule has 118 valence electrons. The zero-order valence-electron chi connectivity index (χ0n) is 12.6. The zero-order valence-corrected chi connectivity index (χ0v) is 13.4. The fraction of sp³-hybridized carbons (Fsp3) is 0.571. The summed E-state index contributed by atoms with van der Waals surface area (Å²) in [5.41, 5.74) is 0.504. The molecule has 1 heterocycles. The lowest BCUT2D eigenvalue weighted by Gasteiger charge is -2.19. The molecule has 0 saturated heterocycles. The van der Waals surface area contributed by atoms with Crippen LogP contribution >= 0.6 is 11.6 Å². The highest BCUT2D eigenvalue weighted by molar-refractivity contribution is 6.32. The summed E-state index contributed by atoms with van der Waals surface area (Å²) >= 11 is 5.88. The Labute approximate surface area is 130 Å². The molecule has 0 aliphatic heterocycles. The Balaban J connectivity index is 2.32. The number of hydrogen-bond acceptors (Lipinski definition) is 5. The summed E-state index contributed by atoms with van der Waals surface area (Å²) in [6.45, 7) is 2.92. The van der Waals surface area contributed by atoms with Gasteiger partial charge in [-0.1, -0.05) is 11.6 Å². The molecule has 2 unspecified atom stereocenters. The smallest absolute Gasteiger partial charge is 0.226 e. The summed E-state index contributed by atoms with van der Waals surface area (Å²) in [5, 5.41) is 15.9. The summed E-state index contributed by atoms with van der Waals surface area (Å²) in [7, 11) is 3.80. The largest absolute Gasteiger partial charge is 0.390 e. The van der Waals surface area contributed by atoms with Gasteiger partial charge in [0.15, 0.2) is 5.15 Å². The molecule has 1 aromatic rings. The van der Waals surface area contributed by atoms with Gasteiger partial charge in [0.1, 0.15) is 0 Å². The second-order valence-corrected chi connectivity index (χ2v) is 5.68. The van der Waals surface area contributed by atoms with Gasteiger partial charge in [-0.2, -0.15) is 0 Å². The Kier molecular flexibility index (Phi) is 7.60. The number of pyridine rings is 1. The van der Waals surface area contributed by atoms with Gasteiger partial charge in [-0.3, -0.25) is 4.79 Å². The molecule has 0 spiro atoms. The fourth-order valence-corrected chi connectivity index (χ4v) is 2.02. The molecular weight excluding hydrogens is 292 g/mol. The first-order chi connectivity index (χ1) is 9.88. The minimum atomic E-state index is -0.460. The van der Waals surface area contributed by atoms with E-state index in [0.717, 1.165) is 0 Å². The molecule has 3 N–H and O–H groups in total. The first-order valence-corrected chi connectivity index (χ1v) is 7.22. The van der Waals surface area contributed by atoms with Crippen LogP contribution in [0, 0.1) is 0 Å². The Morgan fingerprint density at radius 2 is 2.24 bits per heavy atom. The van der Waals surface area contributed by atoms with Crippen LogP contribution in [0.5, 0.6) is 0 Å². The van der Waals surface area contributed by atoms with E-state index in [2.05, 4.69) is 15.6 Å². The lowest BCUT2D eigenvalue weighted by molar-refractivity contribution is -0.116. The number of halogens is 1. The lowest BCUT2D eigenvalue weighted by atomic mass is 10.2. The van der Waals surface area contributed by atoms with Gasteiger partial charge in [0, 0.05) is 31.7 Å². The van der Waals surface area contributed by atoms with Crippen molar-refractivity contribution in [2.75, 3.05) is 32.5 Å². The topological polar surface area (TPSA) is 77.5 Å². The number of anilines is 1. The molecule has 0 aromatic carbocycles. The van der Waals surface area contributed by atoms with E-state index in [9.17, 15) is 9.90 Å². The summed E-state index contributed by atoms with van der Waals surface area (Å²) in [5.74, 6) is -0.146. The maximum Gasteiger partial charge on any atom is 0.226 e. The third-order valence-electron chi connectivity index (χ3n) is 2.80. The van der Waals surface area contributed by atoms with Crippen LogP contribution in [0.4, 0.5) is 5.69 Å². The van der Waals surface area contributed by atoms with Crippen molar-refractivity contribution in [2.45, 2.75) is 25.5 Å². The number of nitrogens with zero attached hydrogens (tertiary/aromatic N) is 2. The van der Waals surface area contributed by atoms with Crippen molar-refractivity contribution < 1.29 is 9.90 Å². The number of nitrogens with one attached hydrogen (secondary N) is 2. The average Bonchev–Trinajstić information content (AvgIpc) is 2.38. The SMILES string of the molecule is CC(CC(=O)Nc1cccnc1Cl)NCC(O)CN(C)C. The highest BCUT2D eigenvalue weighted by Gasteiger charge is 2.12. The number of amides is 1. The van der Waals surface area contributed by atoms with Gasteiger partial charge in [-0.05, 0) is 33.2 Å². The molecule has 2 atom stereocenters. The van der Waals surface area contributed by atoms with Crippen LogP contribution in [0.25, 0.3) is 0 Å². The summed E-state index contributed by atoms with van der Waals surface area (Å²) in [6, 6.07) is 3.37. The van der Waals surface area contributed by atoms with Gasteiger partial charge in [-0.15, -0.1) is 0 Å². The average molecular weight is 315 g/mol. The van der Waals surface area contributed by atoms with Crippen molar-refractivity contribution in [3.8, 4) is 0 Å². The molecule has 0 saturated carbocycles. The molecule has 0 aliphatic rings. The van der Waals surface area contributed by atoms with Crippen LogP contribution in [-0.2, 0) is 4.79 Å². The minimum Gasteiger partial charge on any atom is -0.390 e. The molecule has 0 fully saturated rings. The summed E-state index contributed by atoms with van der Waals surface area (Å²) in [4.78, 5) is 17.7. The number of hydrogen-bond donors (Lipinski definition) is 3. The number of carbonyl (C=O) groups excluding carboxylic acids is 1. The molecule has 7 heteroatoms. The van der Waals surface area contributed by atoms with E-state index in [-0.39, 0.29) is 17.1 Å². The van der Waals surface area contributed by atoms with Crippen LogP contribution in [0.1, 0.15) is 13.3 Å². The van der Waals surface area contributed by atoms with E-state index in [1.54, 1.807) is 18.3 Å². The molecule has 1 aromatic heterocycles. The van der Waals surface area contributed by atoms with Crippen LogP contribution in [0.3, 0.4) is 0 Å². The van der Waals surface area contributed by atoms with Gasteiger partial charge >= 0.3 is 0 Å². The predicted octanol–water partition coefficient (Wildman–Crippen LogP) is 0.964. The maximum atomic E-state index is 11.9. The maximum absolute atomic E-state index is 11.9. The second-order valence-electron chi connectivity index (χ2n) is 5.32. The first kappa shape index (κ1) is 17.8. The zero-order chi connectivity index (χ0) is 15.8. The van der Waals surface area contributed by atoms with Crippen LogP contribution < -0.4 is 10.6 Å². The molecule has 0 bridgehead atoms. The minimum absolute atomic E-state index is 0.0442. The third kappa shape index (κ3) is 7.38. The van der Waals surface area contributed by atoms with E-state index in [1.807, 2.05) is 25.9 Å². The Bertz CT molecular complexity index is 456. The van der Waals surface area contributed by atoms with Gasteiger partial charge in [-0.25, -0.2) is 4.98 Å². The normalized spacial score (nSPS) is 14.0. The van der Waals surface area contributed by atoms with Crippen molar-refractivity contribution in [2.24, 2.45) is 0 Å². The molecule has 1 amide bonds. The quantitative estimate of drug-likeness (QED) is 0.623. The summed E-state index contributed by atoms with van der Waals surface area (Å²) in [6.07, 6.45) is 1.40. The molecule has 21 heavy (non-hydrogen) atoms. The Morgan fingerprint density at radius 3 is 2.86 bits per heavy atom. The number of likely N-dealkylation sites (N-methyl/N-ethyl adjacent to an activating group) is 1. The Morgan fingerprint density at radius 1 is 1.52 bits per heavy atom. The monoisotopic (exact) mass is 314 g/mol. The van der Waals surface area contributed by atoms with Crippen molar-refractivity contribution in [3.63, 3.8) is 0 Å². The van der Waals surface area contributed by atoms with Crippen LogP contribution in [0.2, 0.25) is 5.15 Å². The number of aliphatic hydroxyl groups excluding tert-OH is 1. The van der Waals surface area contributed by atoms with Crippen molar-refractivity contribution >= 4 is 23.2 Å². The van der Waals surface area contributed by atoms with Gasteiger partial charge in [0.05, 0.1) is 11.8 Å². The standard InChI is InChI=1S/C14H23ClN4O2/c1-10(17-8-11(20)9-19(2)3)7-13(21)18-12-5-4-6-16-14(12)15/h4-6,10-11,17,20H,7-9H2,1-3H3,(H,18,21). The van der Waals surface area contributed by atoms with Crippen molar-refractivity contribution in [3.05, 3.63) is 23.5 Å². The van der Waals surface area contributed by atoms with Crippen LogP contribution in [-0.4, -0.2) is 60.2 Å². The van der Waals surface area contributed by atoms with E-state index in [0.29, 0.717) is 25.2 Å². The van der Waals surface area contributed by atoms with E-state index in [1.165, 1.54) is 0 Å². The molecule has 1 rings (SSSR count). The fourth-order valence-electron chi connectivity index (χ4n) is 1.85. The van der Waals surface area contributed by atoms with Crippen molar-refractivity contribution in [1.29, 1.82) is 0 Å². The van der Waals surface area contributed by atoms with E-state index < -0.39 is 6.10 Å². The molecule has 0 radical (unpaired) electrons. The van der Waals surface area contributed by atoms with Gasteiger partial charge in [0.2, 0.25) is 5.91 Å². The number of aliphatic hydroxyl groups is 1. The number of carbonyl (C=O) groups is 1. The highest BCUT2D eigenvalue weighted by atomic mass is 35.5. The highest BCUT2D eigenvalue weighted by Crippen LogP contribution is 2.17. The summed E-state index contributed by atoms with van der Waals surface area (Å²) < 4.78 is 0. The van der Waals surface area contributed by atoms with Crippen molar-refractivity contribution in [1.82, 2.24) is 15.2 Å². The Hall–Kier alpha value is -1.21. The van der Waals surface area contributed by atoms with E-state index in [4.69, 9.17) is 11.6 Å². The molecule has 6 nitrogen and oxygen atoms in total. The third-order valence-corrected chi connectivity index (χ3v) is 3.10. The number of rotatable bonds is 8. The van der Waals surface area contributed by atoms with Gasteiger partial charge < -0.3 is 20.6 Å².